The van der Waals surface area contributed by atoms with Crippen LogP contribution >= 0.6 is 0 Å². The topological polar surface area (TPSA) is 65.5 Å². The molecule has 2 unspecified atom stereocenters. The molecule has 0 fully saturated rings. The van der Waals surface area contributed by atoms with Gasteiger partial charge < -0.3 is 9.47 Å². The molecule has 0 saturated carbocycles. The highest BCUT2D eigenvalue weighted by atomic mass is 16.5. The van der Waals surface area contributed by atoms with Crippen molar-refractivity contribution in [2.75, 3.05) is 7.11 Å². The average molecular weight is 283 g/mol. The van der Waals surface area contributed by atoms with Crippen molar-refractivity contribution < 1.29 is 19.1 Å². The van der Waals surface area contributed by atoms with E-state index in [-0.39, 0.29) is 5.78 Å². The Bertz CT molecular complexity index is 684. The third kappa shape index (κ3) is 2.27. The zero-order valence-corrected chi connectivity index (χ0v) is 11.4. The summed E-state index contributed by atoms with van der Waals surface area (Å²) in [5.74, 6) is -1.42. The molecule has 2 aromatic rings. The smallest absolute Gasteiger partial charge is 0.320 e. The summed E-state index contributed by atoms with van der Waals surface area (Å²) < 4.78 is 10.6. The number of hydrogen-bond acceptors (Lipinski definition) is 5. The van der Waals surface area contributed by atoms with Crippen molar-refractivity contribution >= 4 is 11.8 Å². The second kappa shape index (κ2) is 5.36. The number of hydrogen-bond donors (Lipinski definition) is 0. The molecule has 0 bridgehead atoms. The van der Waals surface area contributed by atoms with Gasteiger partial charge in [-0.1, -0.05) is 12.1 Å². The predicted octanol–water partition coefficient (Wildman–Crippen LogP) is 2.19. The van der Waals surface area contributed by atoms with Gasteiger partial charge >= 0.3 is 5.97 Å². The van der Waals surface area contributed by atoms with Gasteiger partial charge in [-0.25, -0.2) is 0 Å². The molecule has 5 nitrogen and oxygen atoms in total. The van der Waals surface area contributed by atoms with Gasteiger partial charge in [0.1, 0.15) is 11.9 Å². The van der Waals surface area contributed by atoms with Crippen LogP contribution in [-0.4, -0.2) is 23.8 Å². The minimum absolute atomic E-state index is 0.287. The molecule has 1 aliphatic heterocycles. The summed E-state index contributed by atoms with van der Waals surface area (Å²) in [5.41, 5.74) is 1.11. The SMILES string of the molecule is COC(=O)C1C(=O)c2ccccc2OC1c1ccncc1. The summed E-state index contributed by atoms with van der Waals surface area (Å²) >= 11 is 0. The van der Waals surface area contributed by atoms with Crippen molar-refractivity contribution in [1.82, 2.24) is 4.98 Å². The van der Waals surface area contributed by atoms with Crippen LogP contribution in [0.5, 0.6) is 5.75 Å². The van der Waals surface area contributed by atoms with Crippen LogP contribution in [0.15, 0.2) is 48.8 Å². The maximum absolute atomic E-state index is 12.6. The van der Waals surface area contributed by atoms with E-state index in [9.17, 15) is 9.59 Å². The van der Waals surface area contributed by atoms with Gasteiger partial charge in [0.15, 0.2) is 11.7 Å². The molecule has 21 heavy (non-hydrogen) atoms. The number of aromatic nitrogens is 1. The standard InChI is InChI=1S/C16H13NO4/c1-20-16(19)13-14(18)11-4-2-3-5-12(11)21-15(13)10-6-8-17-9-7-10/h2-9,13,15H,1H3. The molecule has 3 rings (SSSR count). The lowest BCUT2D eigenvalue weighted by atomic mass is 9.86. The third-order valence-corrected chi connectivity index (χ3v) is 3.48. The highest BCUT2D eigenvalue weighted by Crippen LogP contribution is 2.38. The number of pyridine rings is 1. The van der Waals surface area contributed by atoms with Crippen molar-refractivity contribution in [3.63, 3.8) is 0 Å². The zero-order valence-electron chi connectivity index (χ0n) is 11.4. The van der Waals surface area contributed by atoms with E-state index >= 15 is 0 Å². The molecular weight excluding hydrogens is 270 g/mol. The van der Waals surface area contributed by atoms with Crippen LogP contribution in [0.3, 0.4) is 0 Å². The summed E-state index contributed by atoms with van der Waals surface area (Å²) in [6.45, 7) is 0. The lowest BCUT2D eigenvalue weighted by molar-refractivity contribution is -0.146. The summed E-state index contributed by atoms with van der Waals surface area (Å²) in [6, 6.07) is 10.3. The Labute approximate surface area is 121 Å². The highest BCUT2D eigenvalue weighted by Gasteiger charge is 2.43. The molecule has 2 atom stereocenters. The second-order valence-electron chi connectivity index (χ2n) is 4.68. The zero-order chi connectivity index (χ0) is 14.8. The van der Waals surface area contributed by atoms with E-state index in [0.29, 0.717) is 16.9 Å². The number of rotatable bonds is 2. The monoisotopic (exact) mass is 283 g/mol. The van der Waals surface area contributed by atoms with E-state index in [1.54, 1.807) is 48.8 Å². The van der Waals surface area contributed by atoms with Gasteiger partial charge in [0, 0.05) is 12.4 Å². The first-order valence-corrected chi connectivity index (χ1v) is 6.50. The van der Waals surface area contributed by atoms with Crippen LogP contribution in [-0.2, 0) is 9.53 Å². The van der Waals surface area contributed by atoms with Crippen molar-refractivity contribution in [1.29, 1.82) is 0 Å². The molecule has 1 aromatic heterocycles. The summed E-state index contributed by atoms with van der Waals surface area (Å²) in [4.78, 5) is 28.6. The fraction of sp³-hybridized carbons (Fsp3) is 0.188. The molecule has 2 heterocycles. The van der Waals surface area contributed by atoms with E-state index in [1.807, 2.05) is 0 Å². The number of fused-ring (bicyclic) bond motifs is 1. The third-order valence-electron chi connectivity index (χ3n) is 3.48. The van der Waals surface area contributed by atoms with E-state index in [1.165, 1.54) is 7.11 Å². The number of esters is 1. The molecule has 0 aliphatic carbocycles. The molecule has 0 saturated heterocycles. The van der Waals surface area contributed by atoms with E-state index < -0.39 is 18.0 Å². The minimum Gasteiger partial charge on any atom is -0.484 e. The molecule has 0 radical (unpaired) electrons. The quantitative estimate of drug-likeness (QED) is 0.624. The van der Waals surface area contributed by atoms with E-state index in [0.717, 1.165) is 0 Å². The van der Waals surface area contributed by atoms with Gasteiger partial charge in [-0.2, -0.15) is 0 Å². The van der Waals surface area contributed by atoms with Crippen LogP contribution in [0.25, 0.3) is 0 Å². The first-order chi connectivity index (χ1) is 10.2. The Balaban J connectivity index is 2.10. The van der Waals surface area contributed by atoms with Crippen LogP contribution in [0.2, 0.25) is 0 Å². The number of ether oxygens (including phenoxy) is 2. The highest BCUT2D eigenvalue weighted by molar-refractivity contribution is 6.11. The molecule has 0 N–H and O–H groups in total. The Morgan fingerprint density at radius 2 is 1.90 bits per heavy atom. The van der Waals surface area contributed by atoms with Gasteiger partial charge in [-0.05, 0) is 29.8 Å². The lowest BCUT2D eigenvalue weighted by Gasteiger charge is -2.31. The van der Waals surface area contributed by atoms with Gasteiger partial charge in [-0.15, -0.1) is 0 Å². The van der Waals surface area contributed by atoms with Crippen LogP contribution in [0.1, 0.15) is 22.0 Å². The first-order valence-electron chi connectivity index (χ1n) is 6.50. The molecule has 1 aliphatic rings. The molecule has 106 valence electrons. The number of ketones is 1. The average Bonchev–Trinajstić information content (AvgIpc) is 2.55. The molecule has 5 heteroatoms. The number of Topliss-reactive ketones (excluding diaryl/α,β-unsaturated/α-hetero) is 1. The number of nitrogens with zero attached hydrogens (tertiary/aromatic N) is 1. The Kier molecular flexibility index (Phi) is 3.39. The predicted molar refractivity (Wildman–Crippen MR) is 73.9 cm³/mol. The van der Waals surface area contributed by atoms with Crippen molar-refractivity contribution in [3.8, 4) is 5.75 Å². The van der Waals surface area contributed by atoms with Crippen molar-refractivity contribution in [3.05, 3.63) is 59.9 Å². The molecule has 0 amide bonds. The van der Waals surface area contributed by atoms with Crippen LogP contribution in [0.4, 0.5) is 0 Å². The first kappa shape index (κ1) is 13.3. The van der Waals surface area contributed by atoms with Gasteiger partial charge in [0.25, 0.3) is 0 Å². The van der Waals surface area contributed by atoms with Gasteiger partial charge in [0.05, 0.1) is 12.7 Å². The number of benzene rings is 1. The number of carbonyl (C=O) groups excluding carboxylic acids is 2. The molecule has 1 aromatic carbocycles. The summed E-state index contributed by atoms with van der Waals surface area (Å²) in [5, 5.41) is 0. The van der Waals surface area contributed by atoms with Gasteiger partial charge in [0.2, 0.25) is 0 Å². The van der Waals surface area contributed by atoms with Crippen LogP contribution < -0.4 is 4.74 Å². The minimum atomic E-state index is -1.01. The van der Waals surface area contributed by atoms with Crippen molar-refractivity contribution in [2.24, 2.45) is 5.92 Å². The molecular formula is C16H13NO4. The Morgan fingerprint density at radius 1 is 1.19 bits per heavy atom. The fourth-order valence-corrected chi connectivity index (χ4v) is 2.45. The maximum Gasteiger partial charge on any atom is 0.320 e. The lowest BCUT2D eigenvalue weighted by Crippen LogP contribution is -2.37. The Morgan fingerprint density at radius 3 is 2.62 bits per heavy atom. The second-order valence-corrected chi connectivity index (χ2v) is 4.68. The normalized spacial score (nSPS) is 20.3. The number of methoxy groups -OCH3 is 1. The van der Waals surface area contributed by atoms with Crippen LogP contribution in [0, 0.1) is 5.92 Å². The Hall–Kier alpha value is -2.69. The maximum atomic E-state index is 12.6. The molecule has 0 spiro atoms. The summed E-state index contributed by atoms with van der Waals surface area (Å²) in [6.07, 6.45) is 2.48. The summed E-state index contributed by atoms with van der Waals surface area (Å²) in [7, 11) is 1.26. The van der Waals surface area contributed by atoms with E-state index in [2.05, 4.69) is 4.98 Å². The fourth-order valence-electron chi connectivity index (χ4n) is 2.45. The number of para-hydroxylation sites is 1. The van der Waals surface area contributed by atoms with E-state index in [4.69, 9.17) is 9.47 Å². The van der Waals surface area contributed by atoms with Gasteiger partial charge in [-0.3, -0.25) is 14.6 Å². The van der Waals surface area contributed by atoms with Crippen molar-refractivity contribution in [2.45, 2.75) is 6.10 Å². The largest absolute Gasteiger partial charge is 0.484 e. The number of carbonyl (C=O) groups is 2.